The summed E-state index contributed by atoms with van der Waals surface area (Å²) >= 11 is 0. The molecule has 2 aromatic heterocycles. The van der Waals surface area contributed by atoms with Crippen LogP contribution >= 0.6 is 0 Å². The first-order valence-corrected chi connectivity index (χ1v) is 5.47. The molecule has 0 amide bonds. The Labute approximate surface area is 104 Å². The van der Waals surface area contributed by atoms with Gasteiger partial charge < -0.3 is 10.5 Å². The van der Waals surface area contributed by atoms with Crippen molar-refractivity contribution in [3.05, 3.63) is 42.0 Å². The molecule has 2 heterocycles. The van der Waals surface area contributed by atoms with E-state index in [1.54, 1.807) is 18.6 Å². The fourth-order valence-corrected chi connectivity index (χ4v) is 1.50. The molecule has 0 unspecified atom stereocenters. The SMILES string of the molecule is Cc1cncc(COC(=O)Cn2cc(N)cn2)c1. The van der Waals surface area contributed by atoms with Crippen LogP contribution in [0.4, 0.5) is 5.69 Å². The van der Waals surface area contributed by atoms with E-state index in [1.165, 1.54) is 10.9 Å². The van der Waals surface area contributed by atoms with Gasteiger partial charge in [-0.2, -0.15) is 5.10 Å². The van der Waals surface area contributed by atoms with Crippen molar-refractivity contribution in [2.24, 2.45) is 0 Å². The number of hydrogen-bond acceptors (Lipinski definition) is 5. The van der Waals surface area contributed by atoms with Gasteiger partial charge in [0.05, 0.1) is 11.9 Å². The standard InChI is InChI=1S/C12H14N4O2/c1-9-2-10(4-14-3-9)8-18-12(17)7-16-6-11(13)5-15-16/h2-6H,7-8,13H2,1H3. The van der Waals surface area contributed by atoms with Gasteiger partial charge in [-0.1, -0.05) is 0 Å². The van der Waals surface area contributed by atoms with E-state index in [0.717, 1.165) is 11.1 Å². The number of nitrogens with zero attached hydrogens (tertiary/aromatic N) is 3. The van der Waals surface area contributed by atoms with Gasteiger partial charge in [0.1, 0.15) is 13.2 Å². The molecule has 6 nitrogen and oxygen atoms in total. The lowest BCUT2D eigenvalue weighted by molar-refractivity contribution is -0.145. The summed E-state index contributed by atoms with van der Waals surface area (Å²) in [5.41, 5.74) is 7.91. The third kappa shape index (κ3) is 3.31. The highest BCUT2D eigenvalue weighted by Gasteiger charge is 2.06. The highest BCUT2D eigenvalue weighted by atomic mass is 16.5. The molecule has 2 N–H and O–H groups in total. The average molecular weight is 246 g/mol. The number of rotatable bonds is 4. The summed E-state index contributed by atoms with van der Waals surface area (Å²) in [6.07, 6.45) is 6.48. The number of pyridine rings is 1. The molecule has 0 atom stereocenters. The highest BCUT2D eigenvalue weighted by molar-refractivity contribution is 5.69. The van der Waals surface area contributed by atoms with Crippen LogP contribution < -0.4 is 5.73 Å². The molecule has 0 saturated heterocycles. The largest absolute Gasteiger partial charge is 0.459 e. The molecule has 6 heteroatoms. The summed E-state index contributed by atoms with van der Waals surface area (Å²) in [5, 5.41) is 3.90. The van der Waals surface area contributed by atoms with E-state index in [1.807, 2.05) is 13.0 Å². The molecule has 0 radical (unpaired) electrons. The summed E-state index contributed by atoms with van der Waals surface area (Å²) in [4.78, 5) is 15.6. The molecule has 0 aromatic carbocycles. The molecular formula is C12H14N4O2. The van der Waals surface area contributed by atoms with Gasteiger partial charge in [-0.25, -0.2) is 0 Å². The number of ether oxygens (including phenoxy) is 1. The summed E-state index contributed by atoms with van der Waals surface area (Å²) in [5.74, 6) is -0.361. The number of hydrogen-bond donors (Lipinski definition) is 1. The molecule has 0 fully saturated rings. The number of aryl methyl sites for hydroxylation is 1. The number of anilines is 1. The van der Waals surface area contributed by atoms with Crippen molar-refractivity contribution >= 4 is 11.7 Å². The Kier molecular flexibility index (Phi) is 3.57. The number of nitrogens with two attached hydrogens (primary N) is 1. The summed E-state index contributed by atoms with van der Waals surface area (Å²) in [7, 11) is 0. The van der Waals surface area contributed by atoms with E-state index in [4.69, 9.17) is 10.5 Å². The second-order valence-electron chi connectivity index (χ2n) is 4.00. The second-order valence-corrected chi connectivity index (χ2v) is 4.00. The van der Waals surface area contributed by atoms with E-state index >= 15 is 0 Å². The van der Waals surface area contributed by atoms with Gasteiger partial charge >= 0.3 is 5.97 Å². The topological polar surface area (TPSA) is 83.0 Å². The van der Waals surface area contributed by atoms with Crippen molar-refractivity contribution in [1.82, 2.24) is 14.8 Å². The van der Waals surface area contributed by atoms with Crippen LogP contribution in [-0.2, 0) is 22.7 Å². The minimum atomic E-state index is -0.361. The predicted octanol–water partition coefficient (Wildman–Crippen LogP) is 0.912. The fourth-order valence-electron chi connectivity index (χ4n) is 1.50. The first-order chi connectivity index (χ1) is 8.63. The van der Waals surface area contributed by atoms with Gasteiger partial charge in [0.25, 0.3) is 0 Å². The van der Waals surface area contributed by atoms with Gasteiger partial charge in [0.15, 0.2) is 0 Å². The number of nitrogen functional groups attached to an aromatic ring is 1. The Bertz CT molecular complexity index is 551. The van der Waals surface area contributed by atoms with Gasteiger partial charge in [-0.05, 0) is 18.6 Å². The minimum Gasteiger partial charge on any atom is -0.459 e. The molecular weight excluding hydrogens is 232 g/mol. The van der Waals surface area contributed by atoms with Crippen molar-refractivity contribution in [2.45, 2.75) is 20.1 Å². The van der Waals surface area contributed by atoms with Crippen LogP contribution in [0, 0.1) is 6.92 Å². The van der Waals surface area contributed by atoms with Crippen LogP contribution in [0.2, 0.25) is 0 Å². The van der Waals surface area contributed by atoms with E-state index in [9.17, 15) is 4.79 Å². The zero-order valence-electron chi connectivity index (χ0n) is 10.0. The van der Waals surface area contributed by atoms with Gasteiger partial charge in [0, 0.05) is 24.2 Å². The van der Waals surface area contributed by atoms with Crippen molar-refractivity contribution in [3.8, 4) is 0 Å². The molecule has 2 rings (SSSR count). The third-order valence-electron chi connectivity index (χ3n) is 2.28. The Balaban J connectivity index is 1.85. The van der Waals surface area contributed by atoms with Crippen molar-refractivity contribution < 1.29 is 9.53 Å². The maximum Gasteiger partial charge on any atom is 0.328 e. The first-order valence-electron chi connectivity index (χ1n) is 5.47. The Hall–Kier alpha value is -2.37. The molecule has 0 bridgehead atoms. The maximum atomic E-state index is 11.5. The van der Waals surface area contributed by atoms with Crippen molar-refractivity contribution in [2.75, 3.05) is 5.73 Å². The van der Waals surface area contributed by atoms with Crippen molar-refractivity contribution in [1.29, 1.82) is 0 Å². The van der Waals surface area contributed by atoms with E-state index in [2.05, 4.69) is 10.1 Å². The van der Waals surface area contributed by atoms with Crippen molar-refractivity contribution in [3.63, 3.8) is 0 Å². The monoisotopic (exact) mass is 246 g/mol. The zero-order chi connectivity index (χ0) is 13.0. The Morgan fingerprint density at radius 2 is 2.28 bits per heavy atom. The fraction of sp³-hybridized carbons (Fsp3) is 0.250. The molecule has 94 valence electrons. The molecule has 0 aliphatic heterocycles. The van der Waals surface area contributed by atoms with Crippen LogP contribution in [0.3, 0.4) is 0 Å². The van der Waals surface area contributed by atoms with E-state index in [-0.39, 0.29) is 19.1 Å². The predicted molar refractivity (Wildman–Crippen MR) is 65.4 cm³/mol. The molecule has 0 spiro atoms. The summed E-state index contributed by atoms with van der Waals surface area (Å²) in [6, 6.07) is 1.92. The summed E-state index contributed by atoms with van der Waals surface area (Å²) in [6.45, 7) is 2.20. The zero-order valence-corrected chi connectivity index (χ0v) is 10.0. The van der Waals surface area contributed by atoms with Crippen LogP contribution in [0.15, 0.2) is 30.9 Å². The number of carbonyl (C=O) groups is 1. The number of aromatic nitrogens is 3. The lowest BCUT2D eigenvalue weighted by atomic mass is 10.2. The van der Waals surface area contributed by atoms with Crippen LogP contribution in [0.5, 0.6) is 0 Å². The molecule has 0 aliphatic rings. The summed E-state index contributed by atoms with van der Waals surface area (Å²) < 4.78 is 6.55. The van der Waals surface area contributed by atoms with Gasteiger partial charge in [-0.3, -0.25) is 14.5 Å². The Morgan fingerprint density at radius 3 is 2.94 bits per heavy atom. The Morgan fingerprint density at radius 1 is 1.44 bits per heavy atom. The van der Waals surface area contributed by atoms with Gasteiger partial charge in [-0.15, -0.1) is 0 Å². The smallest absolute Gasteiger partial charge is 0.328 e. The van der Waals surface area contributed by atoms with E-state index in [0.29, 0.717) is 5.69 Å². The third-order valence-corrected chi connectivity index (χ3v) is 2.28. The molecule has 18 heavy (non-hydrogen) atoms. The van der Waals surface area contributed by atoms with Gasteiger partial charge in [0.2, 0.25) is 0 Å². The first kappa shape index (κ1) is 12.1. The molecule has 0 aliphatic carbocycles. The average Bonchev–Trinajstić information content (AvgIpc) is 2.72. The number of esters is 1. The lowest BCUT2D eigenvalue weighted by Crippen LogP contribution is -2.13. The minimum absolute atomic E-state index is 0.0520. The highest BCUT2D eigenvalue weighted by Crippen LogP contribution is 2.04. The number of carbonyl (C=O) groups excluding carboxylic acids is 1. The normalized spacial score (nSPS) is 10.3. The lowest BCUT2D eigenvalue weighted by Gasteiger charge is -2.05. The molecule has 0 saturated carbocycles. The quantitative estimate of drug-likeness (QED) is 0.811. The molecule has 2 aromatic rings. The van der Waals surface area contributed by atoms with Crippen LogP contribution in [-0.4, -0.2) is 20.7 Å². The van der Waals surface area contributed by atoms with Crippen LogP contribution in [0.1, 0.15) is 11.1 Å². The van der Waals surface area contributed by atoms with Crippen LogP contribution in [0.25, 0.3) is 0 Å². The second kappa shape index (κ2) is 5.31. The van der Waals surface area contributed by atoms with E-state index < -0.39 is 0 Å². The maximum absolute atomic E-state index is 11.5.